The molecule has 0 spiro atoms. The first kappa shape index (κ1) is 16.5. The molecule has 3 aromatic rings. The minimum Gasteiger partial charge on any atom is -0.295 e. The van der Waals surface area contributed by atoms with Crippen molar-refractivity contribution in [1.82, 2.24) is 19.5 Å². The molecule has 5 heteroatoms. The van der Waals surface area contributed by atoms with Crippen molar-refractivity contribution in [2.45, 2.75) is 39.7 Å². The van der Waals surface area contributed by atoms with Gasteiger partial charge in [0.15, 0.2) is 5.52 Å². The van der Waals surface area contributed by atoms with Gasteiger partial charge in [0.05, 0.1) is 5.52 Å². The third-order valence-corrected chi connectivity index (χ3v) is 4.91. The van der Waals surface area contributed by atoms with Crippen LogP contribution in [0.3, 0.4) is 0 Å². The van der Waals surface area contributed by atoms with Crippen molar-refractivity contribution < 1.29 is 0 Å². The van der Waals surface area contributed by atoms with Crippen molar-refractivity contribution in [1.29, 1.82) is 0 Å². The lowest BCUT2D eigenvalue weighted by molar-refractivity contribution is 0.307. The Hall–Kier alpha value is -3.00. The summed E-state index contributed by atoms with van der Waals surface area (Å²) in [5, 5.41) is 0. The SMILES string of the molecule is CC1(C)CCc2nc3cc(C#Cc4ccccn4)cnc3c(=O)n2CC1. The Morgan fingerprint density at radius 3 is 2.85 bits per heavy atom. The molecule has 4 rings (SSSR count). The van der Waals surface area contributed by atoms with Gasteiger partial charge in [0.1, 0.15) is 11.5 Å². The predicted molar refractivity (Wildman–Crippen MR) is 101 cm³/mol. The summed E-state index contributed by atoms with van der Waals surface area (Å²) in [6.45, 7) is 5.19. The third-order valence-electron chi connectivity index (χ3n) is 4.91. The van der Waals surface area contributed by atoms with Crippen LogP contribution in [0.2, 0.25) is 0 Å². The molecule has 5 nitrogen and oxygen atoms in total. The molecular weight excluding hydrogens is 324 g/mol. The van der Waals surface area contributed by atoms with Gasteiger partial charge in [0.2, 0.25) is 0 Å². The monoisotopic (exact) mass is 344 g/mol. The molecule has 0 radical (unpaired) electrons. The Morgan fingerprint density at radius 1 is 1.15 bits per heavy atom. The summed E-state index contributed by atoms with van der Waals surface area (Å²) in [5.74, 6) is 6.92. The Balaban J connectivity index is 1.76. The van der Waals surface area contributed by atoms with Crippen LogP contribution in [0.5, 0.6) is 0 Å². The Labute approximate surface area is 152 Å². The van der Waals surface area contributed by atoms with Crippen LogP contribution in [0.15, 0.2) is 41.5 Å². The minimum absolute atomic E-state index is 0.0491. The third kappa shape index (κ3) is 3.23. The Kier molecular flexibility index (Phi) is 4.04. The summed E-state index contributed by atoms with van der Waals surface area (Å²) in [6, 6.07) is 7.45. The van der Waals surface area contributed by atoms with E-state index in [2.05, 4.69) is 35.7 Å². The van der Waals surface area contributed by atoms with Crippen molar-refractivity contribution in [3.63, 3.8) is 0 Å². The molecule has 1 aliphatic rings. The summed E-state index contributed by atoms with van der Waals surface area (Å²) >= 11 is 0. The fraction of sp³-hybridized carbons (Fsp3) is 0.333. The van der Waals surface area contributed by atoms with E-state index >= 15 is 0 Å². The summed E-state index contributed by atoms with van der Waals surface area (Å²) < 4.78 is 1.79. The maximum Gasteiger partial charge on any atom is 0.280 e. The zero-order chi connectivity index (χ0) is 18.1. The first-order valence-corrected chi connectivity index (χ1v) is 8.84. The molecular formula is C21H20N4O. The van der Waals surface area contributed by atoms with Crippen molar-refractivity contribution in [3.8, 4) is 11.8 Å². The lowest BCUT2D eigenvalue weighted by atomic mass is 9.85. The van der Waals surface area contributed by atoms with E-state index < -0.39 is 0 Å². The van der Waals surface area contributed by atoms with Gasteiger partial charge in [-0.3, -0.25) is 9.36 Å². The van der Waals surface area contributed by atoms with E-state index in [0.29, 0.717) is 23.3 Å². The lowest BCUT2D eigenvalue weighted by Crippen LogP contribution is -2.25. The van der Waals surface area contributed by atoms with Crippen LogP contribution in [0, 0.1) is 17.3 Å². The molecule has 26 heavy (non-hydrogen) atoms. The fourth-order valence-corrected chi connectivity index (χ4v) is 3.20. The maximum atomic E-state index is 12.8. The van der Waals surface area contributed by atoms with Crippen molar-refractivity contribution >= 4 is 11.0 Å². The van der Waals surface area contributed by atoms with Gasteiger partial charge >= 0.3 is 0 Å². The van der Waals surface area contributed by atoms with E-state index in [0.717, 1.165) is 30.7 Å². The number of pyridine rings is 2. The summed E-state index contributed by atoms with van der Waals surface area (Å²) in [7, 11) is 0. The molecule has 0 bridgehead atoms. The van der Waals surface area contributed by atoms with Gasteiger partial charge in [-0.15, -0.1) is 0 Å². The molecule has 0 unspecified atom stereocenters. The second kappa shape index (κ2) is 6.38. The standard InChI is InChI=1S/C21H20N4O/c1-21(2)9-8-18-24-17-13-15(6-7-16-5-3-4-11-22-16)14-23-19(17)20(26)25(18)12-10-21/h3-5,11,13-14H,8-10,12H2,1-2H3. The molecule has 4 heterocycles. The van der Waals surface area contributed by atoms with Gasteiger partial charge in [0, 0.05) is 30.9 Å². The van der Waals surface area contributed by atoms with Crippen LogP contribution >= 0.6 is 0 Å². The molecule has 130 valence electrons. The normalized spacial score (nSPS) is 15.6. The summed E-state index contributed by atoms with van der Waals surface area (Å²) in [5.41, 5.74) is 2.63. The van der Waals surface area contributed by atoms with E-state index in [-0.39, 0.29) is 11.0 Å². The van der Waals surface area contributed by atoms with E-state index in [1.54, 1.807) is 17.0 Å². The maximum absolute atomic E-state index is 12.8. The predicted octanol–water partition coefficient (Wildman–Crippen LogP) is 2.95. The zero-order valence-corrected chi connectivity index (χ0v) is 15.0. The molecule has 3 aromatic heterocycles. The molecule has 0 fully saturated rings. The van der Waals surface area contributed by atoms with Crippen molar-refractivity contribution in [3.05, 3.63) is 64.1 Å². The Bertz CT molecular complexity index is 1090. The molecule has 0 N–H and O–H groups in total. The highest BCUT2D eigenvalue weighted by molar-refractivity contribution is 5.74. The molecule has 0 amide bonds. The van der Waals surface area contributed by atoms with Crippen LogP contribution in [-0.4, -0.2) is 19.5 Å². The zero-order valence-electron chi connectivity index (χ0n) is 15.0. The smallest absolute Gasteiger partial charge is 0.280 e. The first-order chi connectivity index (χ1) is 12.5. The quantitative estimate of drug-likeness (QED) is 0.588. The number of aromatic nitrogens is 4. The average Bonchev–Trinajstić information content (AvgIpc) is 2.79. The van der Waals surface area contributed by atoms with Gasteiger partial charge in [0.25, 0.3) is 5.56 Å². The molecule has 0 atom stereocenters. The molecule has 0 saturated carbocycles. The number of nitrogens with zero attached hydrogens (tertiary/aromatic N) is 4. The number of aryl methyl sites for hydroxylation is 1. The molecule has 0 aliphatic carbocycles. The van der Waals surface area contributed by atoms with E-state index in [1.165, 1.54) is 0 Å². The Morgan fingerprint density at radius 2 is 2.04 bits per heavy atom. The number of fused-ring (bicyclic) bond motifs is 2. The van der Waals surface area contributed by atoms with Crippen LogP contribution in [0.4, 0.5) is 0 Å². The van der Waals surface area contributed by atoms with E-state index in [4.69, 9.17) is 4.98 Å². The van der Waals surface area contributed by atoms with E-state index in [1.807, 2.05) is 24.3 Å². The molecule has 1 aliphatic heterocycles. The number of hydrogen-bond acceptors (Lipinski definition) is 4. The van der Waals surface area contributed by atoms with Crippen molar-refractivity contribution in [2.75, 3.05) is 0 Å². The van der Waals surface area contributed by atoms with Crippen LogP contribution in [-0.2, 0) is 13.0 Å². The highest BCUT2D eigenvalue weighted by atomic mass is 16.1. The second-order valence-electron chi connectivity index (χ2n) is 7.46. The average molecular weight is 344 g/mol. The highest BCUT2D eigenvalue weighted by Crippen LogP contribution is 2.30. The minimum atomic E-state index is -0.0491. The van der Waals surface area contributed by atoms with Crippen molar-refractivity contribution in [2.24, 2.45) is 5.41 Å². The van der Waals surface area contributed by atoms with Crippen LogP contribution in [0.1, 0.15) is 43.8 Å². The first-order valence-electron chi connectivity index (χ1n) is 8.84. The second-order valence-corrected chi connectivity index (χ2v) is 7.46. The van der Waals surface area contributed by atoms with Gasteiger partial charge in [-0.05, 0) is 42.4 Å². The van der Waals surface area contributed by atoms with Gasteiger partial charge in [-0.1, -0.05) is 25.8 Å². The summed E-state index contributed by atoms with van der Waals surface area (Å²) in [6.07, 6.45) is 6.15. The highest BCUT2D eigenvalue weighted by Gasteiger charge is 2.24. The molecule has 0 saturated heterocycles. The largest absolute Gasteiger partial charge is 0.295 e. The fourth-order valence-electron chi connectivity index (χ4n) is 3.20. The van der Waals surface area contributed by atoms with Gasteiger partial charge in [-0.2, -0.15) is 0 Å². The molecule has 0 aromatic carbocycles. The van der Waals surface area contributed by atoms with E-state index in [9.17, 15) is 4.79 Å². The van der Waals surface area contributed by atoms with Gasteiger partial charge in [-0.25, -0.2) is 15.0 Å². The number of rotatable bonds is 0. The number of hydrogen-bond donors (Lipinski definition) is 0. The van der Waals surface area contributed by atoms with Gasteiger partial charge < -0.3 is 0 Å². The topological polar surface area (TPSA) is 60.7 Å². The summed E-state index contributed by atoms with van der Waals surface area (Å²) in [4.78, 5) is 26.1. The van der Waals surface area contributed by atoms with Crippen LogP contribution in [0.25, 0.3) is 11.0 Å². The van der Waals surface area contributed by atoms with Crippen LogP contribution < -0.4 is 5.56 Å². The lowest BCUT2D eigenvalue weighted by Gasteiger charge is -2.20.